The minimum Gasteiger partial charge on any atom is -0.348 e. The molecule has 156 valence electrons. The Labute approximate surface area is 175 Å². The molecule has 0 bridgehead atoms. The second-order valence-corrected chi connectivity index (χ2v) is 7.50. The van der Waals surface area contributed by atoms with E-state index in [0.29, 0.717) is 17.2 Å². The molecule has 0 unspecified atom stereocenters. The minimum atomic E-state index is -0.407. The van der Waals surface area contributed by atoms with Gasteiger partial charge in [-0.1, -0.05) is 38.1 Å². The lowest BCUT2D eigenvalue weighted by atomic mass is 9.99. The molecule has 30 heavy (non-hydrogen) atoms. The molecule has 6 nitrogen and oxygen atoms in total. The fourth-order valence-corrected chi connectivity index (χ4v) is 3.01. The van der Waals surface area contributed by atoms with Crippen molar-refractivity contribution in [2.45, 2.75) is 39.3 Å². The van der Waals surface area contributed by atoms with Gasteiger partial charge in [0.15, 0.2) is 0 Å². The van der Waals surface area contributed by atoms with E-state index in [4.69, 9.17) is 0 Å². The fraction of sp³-hybridized carbons (Fsp3) is 0.261. The Morgan fingerprint density at radius 1 is 1.00 bits per heavy atom. The molecule has 0 saturated heterocycles. The lowest BCUT2D eigenvalue weighted by Crippen LogP contribution is -2.30. The molecule has 1 atom stereocenters. The third-order valence-electron chi connectivity index (χ3n) is 4.78. The maximum Gasteiger partial charge on any atom is 0.255 e. The Hall–Kier alpha value is -3.48. The van der Waals surface area contributed by atoms with Crippen LogP contribution in [0.1, 0.15) is 54.2 Å². The number of hydrogen-bond donors (Lipinski definition) is 2. The minimum absolute atomic E-state index is 0.0286. The van der Waals surface area contributed by atoms with E-state index in [1.165, 1.54) is 40.7 Å². The highest BCUT2D eigenvalue weighted by atomic mass is 19.1. The molecule has 0 spiro atoms. The predicted octanol–water partition coefficient (Wildman–Crippen LogP) is 4.28. The zero-order chi connectivity index (χ0) is 21.7. The summed E-state index contributed by atoms with van der Waals surface area (Å²) in [7, 11) is 0. The summed E-state index contributed by atoms with van der Waals surface area (Å²) in [5.74, 6) is -0.510. The second-order valence-electron chi connectivity index (χ2n) is 7.50. The van der Waals surface area contributed by atoms with E-state index in [1.807, 2.05) is 19.1 Å². The smallest absolute Gasteiger partial charge is 0.255 e. The first kappa shape index (κ1) is 21.2. The maximum absolute atomic E-state index is 13.0. The van der Waals surface area contributed by atoms with Crippen LogP contribution in [0.5, 0.6) is 0 Å². The molecule has 0 fully saturated rings. The van der Waals surface area contributed by atoms with Crippen LogP contribution in [0.15, 0.2) is 60.9 Å². The summed E-state index contributed by atoms with van der Waals surface area (Å²) < 4.78 is 14.4. The lowest BCUT2D eigenvalue weighted by molar-refractivity contribution is -0.122. The molecule has 3 rings (SSSR count). The molecule has 1 aromatic heterocycles. The van der Waals surface area contributed by atoms with E-state index in [-0.39, 0.29) is 24.4 Å². The monoisotopic (exact) mass is 408 g/mol. The van der Waals surface area contributed by atoms with Gasteiger partial charge in [-0.05, 0) is 48.2 Å². The van der Waals surface area contributed by atoms with Crippen molar-refractivity contribution in [3.05, 3.63) is 83.4 Å². The normalized spacial score (nSPS) is 11.9. The first-order valence-corrected chi connectivity index (χ1v) is 9.80. The topological polar surface area (TPSA) is 76.0 Å². The van der Waals surface area contributed by atoms with Gasteiger partial charge in [0, 0.05) is 11.8 Å². The SMILES string of the molecule is CC(C)c1ccc([C@H](C)NC(=O)Cn2cc(NC(=O)c3ccc(F)cc3)cn2)cc1. The summed E-state index contributed by atoms with van der Waals surface area (Å²) in [6, 6.07) is 13.3. The van der Waals surface area contributed by atoms with E-state index in [2.05, 4.69) is 41.7 Å². The number of anilines is 1. The van der Waals surface area contributed by atoms with Crippen molar-refractivity contribution in [1.29, 1.82) is 0 Å². The molecule has 0 saturated carbocycles. The van der Waals surface area contributed by atoms with Crippen molar-refractivity contribution < 1.29 is 14.0 Å². The Morgan fingerprint density at radius 3 is 2.27 bits per heavy atom. The van der Waals surface area contributed by atoms with Crippen LogP contribution in [-0.4, -0.2) is 21.6 Å². The summed E-state index contributed by atoms with van der Waals surface area (Å²) >= 11 is 0. The van der Waals surface area contributed by atoms with E-state index in [9.17, 15) is 14.0 Å². The maximum atomic E-state index is 13.0. The first-order valence-electron chi connectivity index (χ1n) is 9.80. The van der Waals surface area contributed by atoms with Crippen LogP contribution in [0.25, 0.3) is 0 Å². The van der Waals surface area contributed by atoms with Crippen LogP contribution in [0.2, 0.25) is 0 Å². The van der Waals surface area contributed by atoms with Crippen LogP contribution in [0, 0.1) is 5.82 Å². The summed E-state index contributed by atoms with van der Waals surface area (Å²) in [6.45, 7) is 6.24. The Bertz CT molecular complexity index is 1010. The average Bonchev–Trinajstić information content (AvgIpc) is 3.14. The highest BCUT2D eigenvalue weighted by Crippen LogP contribution is 2.18. The highest BCUT2D eigenvalue weighted by molar-refractivity contribution is 6.04. The second kappa shape index (κ2) is 9.35. The zero-order valence-electron chi connectivity index (χ0n) is 17.2. The number of nitrogens with one attached hydrogen (secondary N) is 2. The Kier molecular flexibility index (Phi) is 6.61. The van der Waals surface area contributed by atoms with Crippen LogP contribution in [0.3, 0.4) is 0 Å². The van der Waals surface area contributed by atoms with Crippen molar-refractivity contribution in [1.82, 2.24) is 15.1 Å². The van der Waals surface area contributed by atoms with Crippen molar-refractivity contribution in [2.24, 2.45) is 0 Å². The van der Waals surface area contributed by atoms with Gasteiger partial charge in [-0.15, -0.1) is 0 Å². The number of carbonyl (C=O) groups excluding carboxylic acids is 2. The number of aromatic nitrogens is 2. The van der Waals surface area contributed by atoms with E-state index >= 15 is 0 Å². The van der Waals surface area contributed by atoms with Gasteiger partial charge in [0.2, 0.25) is 5.91 Å². The van der Waals surface area contributed by atoms with E-state index in [0.717, 1.165) is 5.56 Å². The van der Waals surface area contributed by atoms with E-state index < -0.39 is 5.82 Å². The van der Waals surface area contributed by atoms with E-state index in [1.54, 1.807) is 6.20 Å². The zero-order valence-corrected chi connectivity index (χ0v) is 17.2. The summed E-state index contributed by atoms with van der Waals surface area (Å²) in [6.07, 6.45) is 3.03. The molecule has 0 aliphatic rings. The average molecular weight is 408 g/mol. The van der Waals surface area contributed by atoms with Crippen LogP contribution in [-0.2, 0) is 11.3 Å². The van der Waals surface area contributed by atoms with Crippen LogP contribution in [0.4, 0.5) is 10.1 Å². The number of benzene rings is 2. The van der Waals surface area contributed by atoms with Gasteiger partial charge in [0.25, 0.3) is 5.91 Å². The number of nitrogens with zero attached hydrogens (tertiary/aromatic N) is 2. The molecule has 2 aromatic carbocycles. The lowest BCUT2D eigenvalue weighted by Gasteiger charge is -2.15. The van der Waals surface area contributed by atoms with Gasteiger partial charge in [0.05, 0.1) is 17.9 Å². The molecule has 2 N–H and O–H groups in total. The van der Waals surface area contributed by atoms with Crippen molar-refractivity contribution >= 4 is 17.5 Å². The summed E-state index contributed by atoms with van der Waals surface area (Å²) in [5.41, 5.74) is 3.07. The van der Waals surface area contributed by atoms with Crippen molar-refractivity contribution in [2.75, 3.05) is 5.32 Å². The highest BCUT2D eigenvalue weighted by Gasteiger charge is 2.12. The standard InChI is InChI=1S/C23H25FN4O2/c1-15(2)17-4-6-18(7-5-17)16(3)26-22(29)14-28-13-21(12-25-28)27-23(30)19-8-10-20(24)11-9-19/h4-13,15-16H,14H2,1-3H3,(H,26,29)(H,27,30)/t16-/m0/s1. The molecule has 0 aliphatic carbocycles. The molecule has 7 heteroatoms. The number of carbonyl (C=O) groups is 2. The Balaban J connectivity index is 1.54. The third kappa shape index (κ3) is 5.53. The van der Waals surface area contributed by atoms with Gasteiger partial charge < -0.3 is 10.6 Å². The number of hydrogen-bond acceptors (Lipinski definition) is 3. The molecular formula is C23H25FN4O2. The molecule has 0 aliphatic heterocycles. The number of amides is 2. The molecule has 2 amide bonds. The quantitative estimate of drug-likeness (QED) is 0.613. The summed E-state index contributed by atoms with van der Waals surface area (Å²) in [4.78, 5) is 24.5. The van der Waals surface area contributed by atoms with Gasteiger partial charge in [-0.2, -0.15) is 5.10 Å². The van der Waals surface area contributed by atoms with Crippen molar-refractivity contribution in [3.8, 4) is 0 Å². The molecular weight excluding hydrogens is 383 g/mol. The van der Waals surface area contributed by atoms with Gasteiger partial charge in [-0.25, -0.2) is 4.39 Å². The predicted molar refractivity (Wildman–Crippen MR) is 114 cm³/mol. The molecule has 3 aromatic rings. The first-order chi connectivity index (χ1) is 14.3. The molecule has 1 heterocycles. The molecule has 0 radical (unpaired) electrons. The van der Waals surface area contributed by atoms with Crippen LogP contribution < -0.4 is 10.6 Å². The largest absolute Gasteiger partial charge is 0.348 e. The van der Waals surface area contributed by atoms with Crippen molar-refractivity contribution in [3.63, 3.8) is 0 Å². The summed E-state index contributed by atoms with van der Waals surface area (Å²) in [5, 5.41) is 9.74. The Morgan fingerprint density at radius 2 is 1.63 bits per heavy atom. The number of halogens is 1. The van der Waals surface area contributed by atoms with Crippen LogP contribution >= 0.6 is 0 Å². The number of rotatable bonds is 7. The van der Waals surface area contributed by atoms with Gasteiger partial charge in [0.1, 0.15) is 12.4 Å². The fourth-order valence-electron chi connectivity index (χ4n) is 3.01. The van der Waals surface area contributed by atoms with Gasteiger partial charge in [-0.3, -0.25) is 14.3 Å². The third-order valence-corrected chi connectivity index (χ3v) is 4.78. The van der Waals surface area contributed by atoms with Gasteiger partial charge >= 0.3 is 0 Å².